The molecule has 1 heterocycles. The molecule has 106 valence electrons. The Balaban J connectivity index is 2.17. The Hall–Kier alpha value is -2.37. The van der Waals surface area contributed by atoms with E-state index in [2.05, 4.69) is 10.6 Å². The van der Waals surface area contributed by atoms with Crippen molar-refractivity contribution in [2.75, 3.05) is 18.4 Å². The number of hydrogen-bond acceptors (Lipinski definition) is 4. The van der Waals surface area contributed by atoms with Gasteiger partial charge in [0.25, 0.3) is 5.91 Å². The maximum Gasteiger partial charge on any atom is 0.254 e. The first kappa shape index (κ1) is 14.0. The van der Waals surface area contributed by atoms with Crippen LogP contribution in [0.25, 0.3) is 0 Å². The summed E-state index contributed by atoms with van der Waals surface area (Å²) in [5.41, 5.74) is 1.38. The van der Waals surface area contributed by atoms with Crippen molar-refractivity contribution >= 4 is 23.4 Å². The zero-order valence-electron chi connectivity index (χ0n) is 11.5. The third kappa shape index (κ3) is 2.79. The van der Waals surface area contributed by atoms with Crippen molar-refractivity contribution in [3.05, 3.63) is 29.8 Å². The first-order chi connectivity index (χ1) is 9.52. The van der Waals surface area contributed by atoms with E-state index in [-0.39, 0.29) is 12.5 Å². The van der Waals surface area contributed by atoms with Gasteiger partial charge < -0.3 is 10.2 Å². The van der Waals surface area contributed by atoms with E-state index < -0.39 is 17.9 Å². The number of carbonyl (C=O) groups is 3. The van der Waals surface area contributed by atoms with Crippen molar-refractivity contribution in [2.45, 2.75) is 19.9 Å². The third-order valence-corrected chi connectivity index (χ3v) is 3.20. The predicted molar refractivity (Wildman–Crippen MR) is 74.3 cm³/mol. The van der Waals surface area contributed by atoms with Gasteiger partial charge in [-0.2, -0.15) is 0 Å². The van der Waals surface area contributed by atoms with Crippen LogP contribution in [0, 0.1) is 0 Å². The van der Waals surface area contributed by atoms with Crippen molar-refractivity contribution < 1.29 is 14.4 Å². The summed E-state index contributed by atoms with van der Waals surface area (Å²) in [6.07, 6.45) is 0. The van der Waals surface area contributed by atoms with Crippen LogP contribution in [0.15, 0.2) is 24.3 Å². The number of rotatable bonds is 3. The lowest BCUT2D eigenvalue weighted by atomic mass is 10.1. The highest BCUT2D eigenvalue weighted by molar-refractivity contribution is 6.07. The minimum Gasteiger partial charge on any atom is -0.385 e. The van der Waals surface area contributed by atoms with Gasteiger partial charge in [0.1, 0.15) is 12.6 Å². The normalized spacial score (nSPS) is 18.7. The third-order valence-electron chi connectivity index (χ3n) is 3.20. The molecule has 0 aliphatic carbocycles. The smallest absolute Gasteiger partial charge is 0.254 e. The van der Waals surface area contributed by atoms with Crippen LogP contribution in [0.2, 0.25) is 0 Å². The molecule has 6 heteroatoms. The highest BCUT2D eigenvalue weighted by atomic mass is 16.2. The molecule has 6 nitrogen and oxygen atoms in total. The summed E-state index contributed by atoms with van der Waals surface area (Å²) in [4.78, 5) is 36.5. The van der Waals surface area contributed by atoms with E-state index in [1.165, 1.54) is 4.90 Å². The molecule has 0 aromatic heterocycles. The maximum atomic E-state index is 12.3. The minimum atomic E-state index is -0.645. The molecule has 1 aromatic rings. The number of anilines is 1. The van der Waals surface area contributed by atoms with Crippen LogP contribution in [-0.4, -0.2) is 41.8 Å². The molecular formula is C14H17N3O3. The molecule has 0 bridgehead atoms. The Labute approximate surface area is 117 Å². The molecule has 1 saturated heterocycles. The molecule has 3 amide bonds. The molecule has 1 aliphatic heterocycles. The quantitative estimate of drug-likeness (QED) is 0.792. The van der Waals surface area contributed by atoms with Gasteiger partial charge in [0, 0.05) is 17.8 Å². The first-order valence-electron chi connectivity index (χ1n) is 6.51. The second-order valence-corrected chi connectivity index (χ2v) is 4.63. The summed E-state index contributed by atoms with van der Waals surface area (Å²) < 4.78 is 0. The number of imide groups is 1. The number of piperazine rings is 1. The second-order valence-electron chi connectivity index (χ2n) is 4.63. The highest BCUT2D eigenvalue weighted by Crippen LogP contribution is 2.14. The number of amides is 3. The number of nitrogens with zero attached hydrogens (tertiary/aromatic N) is 1. The minimum absolute atomic E-state index is 0.0965. The van der Waals surface area contributed by atoms with E-state index in [4.69, 9.17) is 0 Å². The number of benzene rings is 1. The second kappa shape index (κ2) is 5.73. The molecule has 2 rings (SSSR count). The van der Waals surface area contributed by atoms with Gasteiger partial charge in [0.2, 0.25) is 11.8 Å². The van der Waals surface area contributed by atoms with Gasteiger partial charge in [-0.15, -0.1) is 0 Å². The molecule has 1 aromatic carbocycles. The molecule has 0 saturated carbocycles. The topological polar surface area (TPSA) is 78.5 Å². The summed E-state index contributed by atoms with van der Waals surface area (Å²) in [5, 5.41) is 5.34. The summed E-state index contributed by atoms with van der Waals surface area (Å²) in [5.74, 6) is -1.21. The Morgan fingerprint density at radius 3 is 2.60 bits per heavy atom. The molecule has 1 fully saturated rings. The van der Waals surface area contributed by atoms with Crippen LogP contribution >= 0.6 is 0 Å². The zero-order chi connectivity index (χ0) is 14.7. The summed E-state index contributed by atoms with van der Waals surface area (Å²) in [6.45, 7) is 4.29. The van der Waals surface area contributed by atoms with E-state index in [1.54, 1.807) is 31.2 Å². The van der Waals surface area contributed by atoms with Crippen LogP contribution in [0.5, 0.6) is 0 Å². The largest absolute Gasteiger partial charge is 0.385 e. The summed E-state index contributed by atoms with van der Waals surface area (Å²) in [6, 6.07) is 6.32. The van der Waals surface area contributed by atoms with Crippen molar-refractivity contribution in [3.63, 3.8) is 0 Å². The number of nitrogens with one attached hydrogen (secondary N) is 2. The van der Waals surface area contributed by atoms with Gasteiger partial charge in [0.05, 0.1) is 0 Å². The van der Waals surface area contributed by atoms with Crippen LogP contribution in [0.4, 0.5) is 5.69 Å². The van der Waals surface area contributed by atoms with Gasteiger partial charge in [0.15, 0.2) is 0 Å². The van der Waals surface area contributed by atoms with Crippen LogP contribution < -0.4 is 10.6 Å². The van der Waals surface area contributed by atoms with Gasteiger partial charge >= 0.3 is 0 Å². The number of hydrogen-bond donors (Lipinski definition) is 2. The monoisotopic (exact) mass is 275 g/mol. The van der Waals surface area contributed by atoms with Gasteiger partial charge in [-0.3, -0.25) is 19.7 Å². The molecule has 0 radical (unpaired) electrons. The summed E-state index contributed by atoms with van der Waals surface area (Å²) in [7, 11) is 0. The average molecular weight is 275 g/mol. The van der Waals surface area contributed by atoms with Gasteiger partial charge in [-0.1, -0.05) is 0 Å². The highest BCUT2D eigenvalue weighted by Gasteiger charge is 2.33. The molecule has 20 heavy (non-hydrogen) atoms. The Bertz CT molecular complexity index is 539. The first-order valence-corrected chi connectivity index (χ1v) is 6.51. The fourth-order valence-corrected chi connectivity index (χ4v) is 2.06. The fraction of sp³-hybridized carbons (Fsp3) is 0.357. The lowest BCUT2D eigenvalue weighted by Crippen LogP contribution is -2.58. The van der Waals surface area contributed by atoms with E-state index >= 15 is 0 Å². The Kier molecular flexibility index (Phi) is 4.02. The zero-order valence-corrected chi connectivity index (χ0v) is 11.5. The number of carbonyl (C=O) groups excluding carboxylic acids is 3. The van der Waals surface area contributed by atoms with E-state index in [9.17, 15) is 14.4 Å². The van der Waals surface area contributed by atoms with E-state index in [0.717, 1.165) is 12.2 Å². The Morgan fingerprint density at radius 1 is 1.35 bits per heavy atom. The van der Waals surface area contributed by atoms with Crippen LogP contribution in [0.1, 0.15) is 24.2 Å². The summed E-state index contributed by atoms with van der Waals surface area (Å²) >= 11 is 0. The van der Waals surface area contributed by atoms with Gasteiger partial charge in [-0.05, 0) is 38.1 Å². The van der Waals surface area contributed by atoms with E-state index in [1.807, 2.05) is 6.92 Å². The molecular weight excluding hydrogens is 258 g/mol. The SMILES string of the molecule is CCNc1ccc(C(=O)N2CC(=O)NC(=O)C2C)cc1. The van der Waals surface area contributed by atoms with Gasteiger partial charge in [-0.25, -0.2) is 0 Å². The van der Waals surface area contributed by atoms with Crippen molar-refractivity contribution in [1.29, 1.82) is 0 Å². The van der Waals surface area contributed by atoms with Crippen molar-refractivity contribution in [1.82, 2.24) is 10.2 Å². The van der Waals surface area contributed by atoms with Crippen molar-refractivity contribution in [2.24, 2.45) is 0 Å². The molecule has 1 atom stereocenters. The molecule has 1 aliphatic rings. The predicted octanol–water partition coefficient (Wildman–Crippen LogP) is 0.605. The van der Waals surface area contributed by atoms with Crippen LogP contribution in [-0.2, 0) is 9.59 Å². The van der Waals surface area contributed by atoms with Crippen molar-refractivity contribution in [3.8, 4) is 0 Å². The van der Waals surface area contributed by atoms with Crippen LogP contribution in [0.3, 0.4) is 0 Å². The maximum absolute atomic E-state index is 12.3. The Morgan fingerprint density at radius 2 is 2.00 bits per heavy atom. The lowest BCUT2D eigenvalue weighted by molar-refractivity contribution is -0.138. The standard InChI is InChI=1S/C14H17N3O3/c1-3-15-11-6-4-10(5-7-11)14(20)17-8-12(18)16-13(19)9(17)2/h4-7,9,15H,3,8H2,1-2H3,(H,16,18,19). The molecule has 2 N–H and O–H groups in total. The molecule has 1 unspecified atom stereocenters. The average Bonchev–Trinajstić information content (AvgIpc) is 2.43. The molecule has 0 spiro atoms. The lowest BCUT2D eigenvalue weighted by Gasteiger charge is -2.31. The fourth-order valence-electron chi connectivity index (χ4n) is 2.06. The van der Waals surface area contributed by atoms with E-state index in [0.29, 0.717) is 5.56 Å².